The number of aromatic nitrogens is 4. The van der Waals surface area contributed by atoms with E-state index < -0.39 is 11.2 Å². The summed E-state index contributed by atoms with van der Waals surface area (Å²) in [4.78, 5) is 22.1. The van der Waals surface area contributed by atoms with E-state index in [-0.39, 0.29) is 19.0 Å². The van der Waals surface area contributed by atoms with Crippen LogP contribution in [0.15, 0.2) is 91.5 Å². The van der Waals surface area contributed by atoms with Crippen molar-refractivity contribution in [3.63, 3.8) is 0 Å². The zero-order valence-electron chi connectivity index (χ0n) is 37.0. The van der Waals surface area contributed by atoms with Crippen molar-refractivity contribution in [2.75, 3.05) is 31.2 Å². The Morgan fingerprint density at radius 2 is 1.46 bits per heavy atom. The number of anilines is 3. The molecule has 5 heterocycles. The average Bonchev–Trinajstić information content (AvgIpc) is 3.76. The minimum atomic E-state index is -1.21. The quantitative estimate of drug-likeness (QED) is 0.0872. The molecule has 0 bridgehead atoms. The molecule has 0 amide bonds. The summed E-state index contributed by atoms with van der Waals surface area (Å²) in [6.45, 7) is 13.4. The Balaban J connectivity index is 1.19. The van der Waals surface area contributed by atoms with Gasteiger partial charge in [0.25, 0.3) is 0 Å². The Bertz CT molecular complexity index is 2670. The molecule has 1 fully saturated rings. The summed E-state index contributed by atoms with van der Waals surface area (Å²) in [5.41, 5.74) is 11.5. The number of nitrogens with one attached hydrogen (secondary N) is 1. The van der Waals surface area contributed by atoms with Crippen LogP contribution in [0.25, 0.3) is 21.7 Å². The number of ether oxygens (including phenoxy) is 2. The minimum absolute atomic E-state index is 0.156. The summed E-state index contributed by atoms with van der Waals surface area (Å²) in [5.74, 6) is 14.5. The first-order chi connectivity index (χ1) is 30.0. The van der Waals surface area contributed by atoms with E-state index in [4.69, 9.17) is 25.2 Å². The highest BCUT2D eigenvalue weighted by Gasteiger charge is 2.20. The molecule has 0 radical (unpaired) electrons. The number of rotatable bonds is 12. The van der Waals surface area contributed by atoms with Gasteiger partial charge in [0.05, 0.1) is 15.6 Å². The van der Waals surface area contributed by atoms with Gasteiger partial charge in [0, 0.05) is 58.6 Å². The number of nitrogens with zero attached hydrogens (tertiary/aromatic N) is 5. The number of piperidine rings is 1. The fourth-order valence-corrected chi connectivity index (χ4v) is 7.81. The highest BCUT2D eigenvalue weighted by molar-refractivity contribution is 7.15. The van der Waals surface area contributed by atoms with Crippen molar-refractivity contribution in [1.29, 1.82) is 0 Å². The van der Waals surface area contributed by atoms with Crippen molar-refractivity contribution in [1.82, 2.24) is 24.8 Å². The lowest BCUT2D eigenvalue weighted by Gasteiger charge is -2.29. The largest absolute Gasteiger partial charge is 0.485 e. The Kier molecular flexibility index (Phi) is 13.8. The van der Waals surface area contributed by atoms with Gasteiger partial charge in [-0.2, -0.15) is 0 Å². The fraction of sp³-hybridized carbons (Fsp3) is 0.333. The van der Waals surface area contributed by atoms with Crippen LogP contribution >= 0.6 is 11.3 Å². The van der Waals surface area contributed by atoms with Gasteiger partial charge in [-0.1, -0.05) is 55.7 Å². The van der Waals surface area contributed by atoms with Crippen LogP contribution in [-0.2, 0) is 13.2 Å². The molecular weight excluding hydrogens is 807 g/mol. The fourth-order valence-electron chi connectivity index (χ4n) is 6.91. The lowest BCUT2D eigenvalue weighted by molar-refractivity contribution is 0.143. The zero-order valence-corrected chi connectivity index (χ0v) is 37.8. The van der Waals surface area contributed by atoms with E-state index >= 15 is 0 Å². The molecule has 0 aliphatic carbocycles. The van der Waals surface area contributed by atoms with Crippen molar-refractivity contribution < 1.29 is 19.7 Å². The van der Waals surface area contributed by atoms with Gasteiger partial charge in [-0.3, -0.25) is 4.98 Å². The third-order valence-corrected chi connectivity index (χ3v) is 11.7. The summed E-state index contributed by atoms with van der Waals surface area (Å²) in [7, 11) is 2.17. The number of thiazole rings is 1. The summed E-state index contributed by atoms with van der Waals surface area (Å²) in [5, 5.41) is 25.2. The smallest absolute Gasteiger partial charge is 0.173 e. The maximum Gasteiger partial charge on any atom is 0.173 e. The van der Waals surface area contributed by atoms with Crippen LogP contribution < -0.4 is 20.5 Å². The van der Waals surface area contributed by atoms with Crippen LogP contribution in [0.2, 0.25) is 0 Å². The molecule has 0 spiro atoms. The molecule has 12 heteroatoms. The maximum atomic E-state index is 10.5. The normalized spacial score (nSPS) is 13.5. The number of nitrogens with two attached hydrogens (primary N) is 1. The molecule has 1 saturated heterocycles. The van der Waals surface area contributed by atoms with Gasteiger partial charge in [0.15, 0.2) is 23.1 Å². The molecule has 4 aromatic heterocycles. The van der Waals surface area contributed by atoms with E-state index in [9.17, 15) is 10.2 Å². The number of likely N-dealkylation sites (tertiary alicyclic amines) is 1. The molecule has 5 N–H and O–H groups in total. The predicted molar refractivity (Wildman–Crippen MR) is 252 cm³/mol. The van der Waals surface area contributed by atoms with Crippen LogP contribution in [0.4, 0.5) is 17.3 Å². The highest BCUT2D eigenvalue weighted by atomic mass is 32.1. The average molecular weight is 862 g/mol. The molecule has 0 saturated carbocycles. The van der Waals surface area contributed by atoms with Crippen molar-refractivity contribution in [2.45, 2.75) is 90.6 Å². The Morgan fingerprint density at radius 3 is 2.16 bits per heavy atom. The first-order valence-electron chi connectivity index (χ1n) is 21.2. The highest BCUT2D eigenvalue weighted by Crippen LogP contribution is 2.35. The van der Waals surface area contributed by atoms with Crippen molar-refractivity contribution in [3.8, 4) is 56.9 Å². The molecule has 1 aliphatic rings. The Labute approximate surface area is 374 Å². The van der Waals surface area contributed by atoms with E-state index in [1.54, 1.807) is 51.4 Å². The molecular formula is C51H55N7O4S. The second kappa shape index (κ2) is 19.4. The number of aliphatic hydroxyl groups is 2. The second-order valence-corrected chi connectivity index (χ2v) is 18.5. The molecule has 0 unspecified atom stereocenters. The van der Waals surface area contributed by atoms with E-state index in [1.165, 1.54) is 5.56 Å². The van der Waals surface area contributed by atoms with Gasteiger partial charge >= 0.3 is 0 Å². The molecule has 11 nitrogen and oxygen atoms in total. The minimum Gasteiger partial charge on any atom is -0.485 e. The number of pyridine rings is 3. The monoisotopic (exact) mass is 861 g/mol. The lowest BCUT2D eigenvalue weighted by atomic mass is 9.90. The van der Waals surface area contributed by atoms with Crippen LogP contribution in [0, 0.1) is 23.7 Å². The maximum absolute atomic E-state index is 10.5. The SMILES string of the molecule is CC(C)c1ncc(-c2cnc(N)c(OCc3cc(C#CC(C)(C)O)cc(Nc4ncc(-c5ccc(C6CCN(C)CC6)cn5)cc4OCc4cccc(C#CC(C)(C)O)c4)c3)c2)s1. The van der Waals surface area contributed by atoms with Crippen molar-refractivity contribution in [2.24, 2.45) is 0 Å². The number of nitrogen functional groups attached to an aromatic ring is 1. The third kappa shape index (κ3) is 12.7. The zero-order chi connectivity index (χ0) is 44.7. The van der Waals surface area contributed by atoms with Gasteiger partial charge < -0.3 is 35.6 Å². The summed E-state index contributed by atoms with van der Waals surface area (Å²) < 4.78 is 12.9. The lowest BCUT2D eigenvalue weighted by Crippen LogP contribution is -2.29. The van der Waals surface area contributed by atoms with Gasteiger partial charge in [-0.15, -0.1) is 11.3 Å². The van der Waals surface area contributed by atoms with Crippen LogP contribution in [0.1, 0.15) is 99.0 Å². The number of benzene rings is 2. The third-order valence-electron chi connectivity index (χ3n) is 10.3. The van der Waals surface area contributed by atoms with Gasteiger partial charge in [0.2, 0.25) is 0 Å². The summed E-state index contributed by atoms with van der Waals surface area (Å²) in [6, 6.07) is 21.6. The van der Waals surface area contributed by atoms with Crippen LogP contribution in [0.5, 0.6) is 11.5 Å². The summed E-state index contributed by atoms with van der Waals surface area (Å²) in [6.07, 6.45) is 9.60. The first-order valence-corrected chi connectivity index (χ1v) is 22.0. The molecule has 0 atom stereocenters. The van der Waals surface area contributed by atoms with E-state index in [2.05, 4.69) is 76.9 Å². The number of hydrogen-bond donors (Lipinski definition) is 4. The summed E-state index contributed by atoms with van der Waals surface area (Å²) >= 11 is 1.62. The van der Waals surface area contributed by atoms with Crippen molar-refractivity contribution in [3.05, 3.63) is 124 Å². The molecule has 6 aromatic rings. The molecule has 324 valence electrons. The molecule has 1 aliphatic heterocycles. The van der Waals surface area contributed by atoms with Crippen molar-refractivity contribution >= 4 is 28.7 Å². The topological polar surface area (TPSA) is 152 Å². The van der Waals surface area contributed by atoms with Gasteiger partial charge in [-0.05, 0) is 132 Å². The number of hydrogen-bond acceptors (Lipinski definition) is 12. The second-order valence-electron chi connectivity index (χ2n) is 17.4. The first kappa shape index (κ1) is 44.8. The molecule has 7 rings (SSSR count). The van der Waals surface area contributed by atoms with Crippen LogP contribution in [0.3, 0.4) is 0 Å². The van der Waals surface area contributed by atoms with Gasteiger partial charge in [0.1, 0.15) is 24.4 Å². The standard InChI is InChI=1S/C51H55N7O4S/c1-33(2)49-56-30-46(63-49)41-26-44(47(52)54-29-41)61-32-37-22-35(14-18-51(5,6)60)23-42(24-37)57-48-45(62-31-36-10-8-9-34(21-36)13-17-50(3,4)59)25-40(28-55-48)43-12-11-39(27-53-43)38-15-19-58(7)20-16-38/h8-12,21-30,33,38,59-60H,15-16,19-20,31-32H2,1-7H3,(H2,52,54)(H,55,57). The van der Waals surface area contributed by atoms with E-state index in [1.807, 2.05) is 67.0 Å². The van der Waals surface area contributed by atoms with E-state index in [0.29, 0.717) is 40.4 Å². The van der Waals surface area contributed by atoms with Crippen LogP contribution in [-0.4, -0.2) is 66.4 Å². The predicted octanol–water partition coefficient (Wildman–Crippen LogP) is 9.32. The Morgan fingerprint density at radius 1 is 0.778 bits per heavy atom. The van der Waals surface area contributed by atoms with Gasteiger partial charge in [-0.25, -0.2) is 15.0 Å². The van der Waals surface area contributed by atoms with E-state index in [0.717, 1.165) is 69.3 Å². The Hall–Kier alpha value is -6.28. The molecule has 63 heavy (non-hydrogen) atoms. The molecule has 2 aromatic carbocycles.